The van der Waals surface area contributed by atoms with Gasteiger partial charge in [-0.3, -0.25) is 4.98 Å². The molecule has 1 aromatic rings. The van der Waals surface area contributed by atoms with Crippen LogP contribution >= 0.6 is 48.8 Å². The molecule has 0 aliphatic carbocycles. The Bertz CT molecular complexity index is 394. The summed E-state index contributed by atoms with van der Waals surface area (Å²) in [5.74, 6) is 0. The molecule has 3 rings (SSSR count). The van der Waals surface area contributed by atoms with E-state index >= 15 is 0 Å². The molecule has 2 aliphatic rings. The molecule has 0 unspecified atom stereocenters. The second kappa shape index (κ2) is 7.01. The molecule has 3 nitrogen and oxygen atoms in total. The number of anilines is 1. The minimum Gasteiger partial charge on any atom is -0.383 e. The molecule has 1 fully saturated rings. The van der Waals surface area contributed by atoms with E-state index in [9.17, 15) is 0 Å². The van der Waals surface area contributed by atoms with Crippen LogP contribution in [0.1, 0.15) is 18.5 Å². The summed E-state index contributed by atoms with van der Waals surface area (Å²) in [7, 11) is 0. The molecule has 104 valence electrons. The zero-order valence-corrected chi connectivity index (χ0v) is 12.9. The largest absolute Gasteiger partial charge is 0.383 e. The lowest BCUT2D eigenvalue weighted by atomic mass is 9.77. The highest BCUT2D eigenvalue weighted by molar-refractivity contribution is 6.30. The summed E-state index contributed by atoms with van der Waals surface area (Å²) in [5.41, 5.74) is 2.60. The van der Waals surface area contributed by atoms with Crippen LogP contribution in [0.3, 0.4) is 0 Å². The van der Waals surface area contributed by atoms with Gasteiger partial charge in [0.25, 0.3) is 0 Å². The molecule has 0 aromatic carbocycles. The Kier molecular flexibility index (Phi) is 7.04. The Morgan fingerprint density at radius 3 is 2.50 bits per heavy atom. The summed E-state index contributed by atoms with van der Waals surface area (Å²) < 4.78 is 0. The number of hydrogen-bond donors (Lipinski definition) is 2. The third-order valence-electron chi connectivity index (χ3n) is 3.53. The summed E-state index contributed by atoms with van der Waals surface area (Å²) >= 11 is 5.94. The number of nitrogens with one attached hydrogen (secondary N) is 2. The van der Waals surface area contributed by atoms with Crippen molar-refractivity contribution in [3.05, 3.63) is 23.0 Å². The monoisotopic (exact) mass is 331 g/mol. The zero-order chi connectivity index (χ0) is 10.3. The maximum absolute atomic E-state index is 5.94. The van der Waals surface area contributed by atoms with Gasteiger partial charge in [0.15, 0.2) is 0 Å². The molecule has 2 aliphatic heterocycles. The Hall–Kier alpha value is 0.0700. The molecule has 18 heavy (non-hydrogen) atoms. The van der Waals surface area contributed by atoms with E-state index in [1.165, 1.54) is 18.5 Å². The highest BCUT2D eigenvalue weighted by atomic mass is 35.5. The SMILES string of the molecule is Cl.Cl.Cl.Clc1cnc2c(c1)NCC21CCNCC1. The van der Waals surface area contributed by atoms with Crippen LogP contribution in [0, 0.1) is 0 Å². The number of aromatic nitrogens is 1. The lowest BCUT2D eigenvalue weighted by Crippen LogP contribution is -2.41. The average Bonchev–Trinajstić information content (AvgIpc) is 2.58. The standard InChI is InChI=1S/C11H14ClN3.3ClH/c12-8-5-9-10(14-6-8)11(7-15-9)1-3-13-4-2-11;;;/h5-6,13,15H,1-4,7H2;3*1H. The molecule has 2 N–H and O–H groups in total. The lowest BCUT2D eigenvalue weighted by molar-refractivity contribution is 0.328. The number of hydrogen-bond acceptors (Lipinski definition) is 3. The molecule has 0 saturated carbocycles. The van der Waals surface area contributed by atoms with Gasteiger partial charge in [0.2, 0.25) is 0 Å². The van der Waals surface area contributed by atoms with Gasteiger partial charge in [0.1, 0.15) is 0 Å². The van der Waals surface area contributed by atoms with Crippen LogP contribution in [-0.2, 0) is 5.41 Å². The van der Waals surface area contributed by atoms with Crippen LogP contribution in [0.2, 0.25) is 5.02 Å². The third kappa shape index (κ3) is 2.97. The van der Waals surface area contributed by atoms with Crippen LogP contribution in [0.4, 0.5) is 5.69 Å². The summed E-state index contributed by atoms with van der Waals surface area (Å²) in [6.45, 7) is 3.19. The fourth-order valence-electron chi connectivity index (χ4n) is 2.66. The zero-order valence-electron chi connectivity index (χ0n) is 9.74. The Morgan fingerprint density at radius 2 is 1.83 bits per heavy atom. The van der Waals surface area contributed by atoms with Gasteiger partial charge >= 0.3 is 0 Å². The van der Waals surface area contributed by atoms with Crippen molar-refractivity contribution in [2.45, 2.75) is 18.3 Å². The van der Waals surface area contributed by atoms with Gasteiger partial charge in [0.05, 0.1) is 16.4 Å². The van der Waals surface area contributed by atoms with E-state index in [-0.39, 0.29) is 42.6 Å². The highest BCUT2D eigenvalue weighted by Gasteiger charge is 2.41. The summed E-state index contributed by atoms with van der Waals surface area (Å²) in [5, 5.41) is 7.54. The first-order valence-electron chi connectivity index (χ1n) is 5.41. The quantitative estimate of drug-likeness (QED) is 0.766. The van der Waals surface area contributed by atoms with E-state index in [0.717, 1.165) is 25.3 Å². The maximum Gasteiger partial charge on any atom is 0.0716 e. The van der Waals surface area contributed by atoms with Crippen LogP contribution in [-0.4, -0.2) is 24.6 Å². The van der Waals surface area contributed by atoms with Crippen LogP contribution in [0.15, 0.2) is 12.3 Å². The van der Waals surface area contributed by atoms with Crippen molar-refractivity contribution in [3.63, 3.8) is 0 Å². The second-order valence-corrected chi connectivity index (χ2v) is 4.87. The predicted octanol–water partition coefficient (Wildman–Crippen LogP) is 3.05. The Balaban J connectivity index is 0.000000963. The molecule has 0 atom stereocenters. The van der Waals surface area contributed by atoms with Crippen LogP contribution in [0.5, 0.6) is 0 Å². The topological polar surface area (TPSA) is 37.0 Å². The maximum atomic E-state index is 5.94. The first-order valence-corrected chi connectivity index (χ1v) is 5.79. The van der Waals surface area contributed by atoms with Gasteiger partial charge in [0, 0.05) is 18.2 Å². The molecule has 0 bridgehead atoms. The number of piperidine rings is 1. The van der Waals surface area contributed by atoms with Crippen molar-refractivity contribution in [2.75, 3.05) is 25.0 Å². The lowest BCUT2D eigenvalue weighted by Gasteiger charge is -2.32. The number of fused-ring (bicyclic) bond motifs is 2. The minimum absolute atomic E-state index is 0. The first kappa shape index (κ1) is 18.1. The van der Waals surface area contributed by atoms with Gasteiger partial charge < -0.3 is 10.6 Å². The third-order valence-corrected chi connectivity index (χ3v) is 3.74. The molecule has 1 saturated heterocycles. The number of rotatable bonds is 0. The van der Waals surface area contributed by atoms with Crippen LogP contribution in [0.25, 0.3) is 0 Å². The van der Waals surface area contributed by atoms with E-state index in [0.29, 0.717) is 5.02 Å². The number of halogens is 4. The van der Waals surface area contributed by atoms with Gasteiger partial charge in [-0.05, 0) is 32.0 Å². The van der Waals surface area contributed by atoms with Gasteiger partial charge in [-0.25, -0.2) is 0 Å². The fraction of sp³-hybridized carbons (Fsp3) is 0.545. The molecule has 0 radical (unpaired) electrons. The van der Waals surface area contributed by atoms with Crippen molar-refractivity contribution in [3.8, 4) is 0 Å². The molecule has 1 spiro atoms. The van der Waals surface area contributed by atoms with Crippen molar-refractivity contribution in [2.24, 2.45) is 0 Å². The van der Waals surface area contributed by atoms with E-state index in [2.05, 4.69) is 15.6 Å². The van der Waals surface area contributed by atoms with E-state index in [1.807, 2.05) is 6.07 Å². The second-order valence-electron chi connectivity index (χ2n) is 4.43. The Morgan fingerprint density at radius 1 is 1.17 bits per heavy atom. The average molecular weight is 333 g/mol. The molecule has 3 heterocycles. The van der Waals surface area contributed by atoms with Crippen molar-refractivity contribution >= 4 is 54.5 Å². The normalized spacial score (nSPS) is 18.7. The van der Waals surface area contributed by atoms with Gasteiger partial charge in [-0.15, -0.1) is 37.2 Å². The highest BCUT2D eigenvalue weighted by Crippen LogP contribution is 2.41. The molecule has 1 aromatic heterocycles. The number of pyridine rings is 1. The van der Waals surface area contributed by atoms with Gasteiger partial charge in [-0.2, -0.15) is 0 Å². The molecule has 0 amide bonds. The summed E-state index contributed by atoms with van der Waals surface area (Å²) in [4.78, 5) is 4.51. The Labute approximate surface area is 131 Å². The fourth-order valence-corrected chi connectivity index (χ4v) is 2.82. The number of nitrogens with zero attached hydrogens (tertiary/aromatic N) is 1. The molecular formula is C11H17Cl4N3. The van der Waals surface area contributed by atoms with Crippen LogP contribution < -0.4 is 10.6 Å². The molecular weight excluding hydrogens is 316 g/mol. The van der Waals surface area contributed by atoms with E-state index < -0.39 is 0 Å². The summed E-state index contributed by atoms with van der Waals surface area (Å²) in [6, 6.07) is 1.99. The van der Waals surface area contributed by atoms with Gasteiger partial charge in [-0.1, -0.05) is 11.6 Å². The van der Waals surface area contributed by atoms with Crippen molar-refractivity contribution < 1.29 is 0 Å². The minimum atomic E-state index is 0. The predicted molar refractivity (Wildman–Crippen MR) is 83.3 cm³/mol. The van der Waals surface area contributed by atoms with Crippen molar-refractivity contribution in [1.29, 1.82) is 0 Å². The van der Waals surface area contributed by atoms with E-state index in [4.69, 9.17) is 11.6 Å². The smallest absolute Gasteiger partial charge is 0.0716 e. The first-order chi connectivity index (χ1) is 7.30. The molecule has 7 heteroatoms. The summed E-state index contributed by atoms with van der Waals surface area (Å²) in [6.07, 6.45) is 4.10. The van der Waals surface area contributed by atoms with E-state index in [1.54, 1.807) is 6.20 Å². The van der Waals surface area contributed by atoms with Crippen molar-refractivity contribution in [1.82, 2.24) is 10.3 Å².